The van der Waals surface area contributed by atoms with Crippen LogP contribution in [0.1, 0.15) is 24.3 Å². The summed E-state index contributed by atoms with van der Waals surface area (Å²) in [5.41, 5.74) is 0.875. The van der Waals surface area contributed by atoms with E-state index >= 15 is 0 Å². The molecule has 0 saturated carbocycles. The molecular weight excluding hydrogens is 270 g/mol. The normalized spacial score (nSPS) is 14.3. The number of benzene rings is 1. The molecule has 0 spiro atoms. The number of carbonyl (C=O) groups is 1. The molecule has 108 valence electrons. The van der Waals surface area contributed by atoms with Gasteiger partial charge >= 0.3 is 0 Å². The maximum absolute atomic E-state index is 11.9. The molecule has 1 N–H and O–H groups in total. The largest absolute Gasteiger partial charge is 0.467 e. The first-order valence-electron chi connectivity index (χ1n) is 6.64. The van der Waals surface area contributed by atoms with Crippen LogP contribution in [0.15, 0.2) is 47.1 Å². The summed E-state index contributed by atoms with van der Waals surface area (Å²) in [7, 11) is 0. The Morgan fingerprint density at radius 2 is 2.14 bits per heavy atom. The number of fused-ring (bicyclic) bond motifs is 1. The lowest BCUT2D eigenvalue weighted by Crippen LogP contribution is -2.24. The number of hydrogen-bond donors (Lipinski definition) is 1. The van der Waals surface area contributed by atoms with Gasteiger partial charge in [0.05, 0.1) is 12.3 Å². The average Bonchev–Trinajstić information content (AvgIpc) is 3.15. The number of amides is 1. The van der Waals surface area contributed by atoms with Crippen molar-refractivity contribution >= 4 is 12.0 Å². The van der Waals surface area contributed by atoms with Crippen molar-refractivity contribution in [1.82, 2.24) is 5.32 Å². The first kappa shape index (κ1) is 13.3. The van der Waals surface area contributed by atoms with E-state index in [0.29, 0.717) is 5.75 Å². The first-order chi connectivity index (χ1) is 10.2. The molecule has 1 atom stereocenters. The highest BCUT2D eigenvalue weighted by Crippen LogP contribution is 2.32. The lowest BCUT2D eigenvalue weighted by molar-refractivity contribution is -0.117. The Kier molecular flexibility index (Phi) is 3.64. The molecule has 0 aliphatic carbocycles. The van der Waals surface area contributed by atoms with Crippen molar-refractivity contribution in [2.75, 3.05) is 6.79 Å². The van der Waals surface area contributed by atoms with E-state index in [1.54, 1.807) is 18.4 Å². The molecule has 21 heavy (non-hydrogen) atoms. The van der Waals surface area contributed by atoms with E-state index in [1.165, 1.54) is 6.08 Å². The molecule has 0 saturated heterocycles. The van der Waals surface area contributed by atoms with Crippen molar-refractivity contribution in [2.45, 2.75) is 13.0 Å². The predicted octanol–water partition coefficient (Wildman–Crippen LogP) is 2.90. The van der Waals surface area contributed by atoms with E-state index in [-0.39, 0.29) is 18.7 Å². The molecule has 2 heterocycles. The van der Waals surface area contributed by atoms with E-state index in [4.69, 9.17) is 13.9 Å². The van der Waals surface area contributed by atoms with Gasteiger partial charge in [-0.2, -0.15) is 0 Å². The van der Waals surface area contributed by atoms with Gasteiger partial charge in [-0.1, -0.05) is 6.07 Å². The maximum Gasteiger partial charge on any atom is 0.244 e. The minimum Gasteiger partial charge on any atom is -0.467 e. The monoisotopic (exact) mass is 285 g/mol. The third-order valence-corrected chi connectivity index (χ3v) is 3.15. The Hall–Kier alpha value is -2.69. The standard InChI is InChI=1S/C16H15NO4/c1-11(13-3-2-8-19-13)17-16(18)7-5-12-4-6-14-15(9-12)21-10-20-14/h2-9,11H,10H2,1H3,(H,17,18)/b7-5+/t11-/m1/s1. The molecule has 0 bridgehead atoms. The summed E-state index contributed by atoms with van der Waals surface area (Å²) in [6.45, 7) is 2.11. The van der Waals surface area contributed by atoms with E-state index in [1.807, 2.05) is 31.2 Å². The van der Waals surface area contributed by atoms with E-state index < -0.39 is 0 Å². The van der Waals surface area contributed by atoms with Gasteiger partial charge in [-0.3, -0.25) is 4.79 Å². The summed E-state index contributed by atoms with van der Waals surface area (Å²) >= 11 is 0. The van der Waals surface area contributed by atoms with Gasteiger partial charge < -0.3 is 19.2 Å². The highest BCUT2D eigenvalue weighted by molar-refractivity contribution is 5.92. The van der Waals surface area contributed by atoms with E-state index in [2.05, 4.69) is 5.32 Å². The van der Waals surface area contributed by atoms with Crippen LogP contribution in [-0.4, -0.2) is 12.7 Å². The Morgan fingerprint density at radius 3 is 2.95 bits per heavy atom. The van der Waals surface area contributed by atoms with Crippen molar-refractivity contribution in [1.29, 1.82) is 0 Å². The first-order valence-corrected chi connectivity index (χ1v) is 6.64. The lowest BCUT2D eigenvalue weighted by Gasteiger charge is -2.08. The topological polar surface area (TPSA) is 60.7 Å². The van der Waals surface area contributed by atoms with Crippen molar-refractivity contribution in [3.05, 3.63) is 54.0 Å². The Balaban J connectivity index is 1.62. The second-order valence-corrected chi connectivity index (χ2v) is 4.69. The average molecular weight is 285 g/mol. The quantitative estimate of drug-likeness (QED) is 0.877. The molecule has 5 heteroatoms. The SMILES string of the molecule is C[C@@H](NC(=O)/C=C/c1ccc2c(c1)OCO2)c1ccco1. The maximum atomic E-state index is 11.9. The zero-order valence-corrected chi connectivity index (χ0v) is 11.5. The fourth-order valence-electron chi connectivity index (χ4n) is 2.06. The zero-order valence-electron chi connectivity index (χ0n) is 11.5. The van der Waals surface area contributed by atoms with Crippen LogP contribution in [0, 0.1) is 0 Å². The second-order valence-electron chi connectivity index (χ2n) is 4.69. The van der Waals surface area contributed by atoms with Gasteiger partial charge in [0.2, 0.25) is 12.7 Å². The van der Waals surface area contributed by atoms with Crippen LogP contribution in [0.3, 0.4) is 0 Å². The van der Waals surface area contributed by atoms with Crippen LogP contribution in [0.5, 0.6) is 11.5 Å². The lowest BCUT2D eigenvalue weighted by atomic mass is 10.2. The number of rotatable bonds is 4. The summed E-state index contributed by atoms with van der Waals surface area (Å²) in [4.78, 5) is 11.9. The smallest absolute Gasteiger partial charge is 0.244 e. The third-order valence-electron chi connectivity index (χ3n) is 3.15. The van der Waals surface area contributed by atoms with Crippen LogP contribution >= 0.6 is 0 Å². The summed E-state index contributed by atoms with van der Waals surface area (Å²) in [6.07, 6.45) is 4.80. The van der Waals surface area contributed by atoms with Gasteiger partial charge in [0, 0.05) is 6.08 Å². The third kappa shape index (κ3) is 3.08. The van der Waals surface area contributed by atoms with Gasteiger partial charge in [0.1, 0.15) is 5.76 Å². The number of hydrogen-bond acceptors (Lipinski definition) is 4. The highest BCUT2D eigenvalue weighted by atomic mass is 16.7. The molecular formula is C16H15NO4. The Bertz CT molecular complexity index is 661. The van der Waals surface area contributed by atoms with Crippen LogP contribution in [0.4, 0.5) is 0 Å². The van der Waals surface area contributed by atoms with Crippen LogP contribution in [0.2, 0.25) is 0 Å². The number of furan rings is 1. The van der Waals surface area contributed by atoms with Crippen molar-refractivity contribution in [3.63, 3.8) is 0 Å². The molecule has 1 aromatic heterocycles. The van der Waals surface area contributed by atoms with Gasteiger partial charge in [0.15, 0.2) is 11.5 Å². The van der Waals surface area contributed by atoms with Gasteiger partial charge in [-0.15, -0.1) is 0 Å². The molecule has 1 aromatic carbocycles. The van der Waals surface area contributed by atoms with E-state index in [9.17, 15) is 4.79 Å². The predicted molar refractivity (Wildman–Crippen MR) is 76.9 cm³/mol. The number of nitrogens with one attached hydrogen (secondary N) is 1. The molecule has 5 nitrogen and oxygen atoms in total. The molecule has 0 radical (unpaired) electrons. The fourth-order valence-corrected chi connectivity index (χ4v) is 2.06. The molecule has 2 aromatic rings. The molecule has 3 rings (SSSR count). The van der Waals surface area contributed by atoms with Crippen molar-refractivity contribution in [3.8, 4) is 11.5 Å². The Labute approximate surface area is 122 Å². The minimum absolute atomic E-state index is 0.172. The summed E-state index contributed by atoms with van der Waals surface area (Å²) in [5, 5.41) is 2.83. The van der Waals surface area contributed by atoms with Crippen LogP contribution in [-0.2, 0) is 4.79 Å². The van der Waals surface area contributed by atoms with Crippen molar-refractivity contribution < 1.29 is 18.7 Å². The van der Waals surface area contributed by atoms with Gasteiger partial charge in [-0.05, 0) is 42.8 Å². The highest BCUT2D eigenvalue weighted by Gasteiger charge is 2.13. The van der Waals surface area contributed by atoms with Gasteiger partial charge in [0.25, 0.3) is 0 Å². The zero-order chi connectivity index (χ0) is 14.7. The molecule has 0 unspecified atom stereocenters. The van der Waals surface area contributed by atoms with Gasteiger partial charge in [-0.25, -0.2) is 0 Å². The van der Waals surface area contributed by atoms with Crippen LogP contribution in [0.25, 0.3) is 6.08 Å². The fraction of sp³-hybridized carbons (Fsp3) is 0.188. The van der Waals surface area contributed by atoms with Crippen molar-refractivity contribution in [2.24, 2.45) is 0 Å². The summed E-state index contributed by atoms with van der Waals surface area (Å²) in [6, 6.07) is 8.97. The minimum atomic E-state index is -0.184. The number of carbonyl (C=O) groups excluding carboxylic acids is 1. The molecule has 1 amide bonds. The number of ether oxygens (including phenoxy) is 2. The molecule has 1 aliphatic rings. The summed E-state index contributed by atoms with van der Waals surface area (Å²) in [5.74, 6) is 1.96. The molecule has 0 fully saturated rings. The van der Waals surface area contributed by atoms with Crippen LogP contribution < -0.4 is 14.8 Å². The Morgan fingerprint density at radius 1 is 1.29 bits per heavy atom. The summed E-state index contributed by atoms with van der Waals surface area (Å²) < 4.78 is 15.8. The second kappa shape index (κ2) is 5.75. The van der Waals surface area contributed by atoms with E-state index in [0.717, 1.165) is 17.1 Å². The molecule has 1 aliphatic heterocycles.